The molecule has 0 radical (unpaired) electrons. The van der Waals surface area contributed by atoms with Gasteiger partial charge >= 0.3 is 5.91 Å². The van der Waals surface area contributed by atoms with E-state index in [1.807, 2.05) is 52.0 Å². The number of H-pyrrole nitrogens is 2. The lowest BCUT2D eigenvalue weighted by Crippen LogP contribution is -3.09. The quantitative estimate of drug-likeness (QED) is 0.200. The van der Waals surface area contributed by atoms with Crippen LogP contribution < -0.4 is 5.06 Å². The first kappa shape index (κ1) is 31.9. The van der Waals surface area contributed by atoms with Crippen molar-refractivity contribution in [1.82, 2.24) is 19.9 Å². The number of hydrogen-bond acceptors (Lipinski definition) is 6. The van der Waals surface area contributed by atoms with Crippen molar-refractivity contribution >= 4 is 51.1 Å². The van der Waals surface area contributed by atoms with E-state index >= 15 is 0 Å². The van der Waals surface area contributed by atoms with E-state index in [4.69, 9.17) is 9.97 Å². The standard InChI is InChI=1S/C35H40N6O4/c1-9-22-17(4)25-14-27-19(6)24(12-13-31(42)40-44)33(38-27)21(8)34-32(35(43)41(45)11-3)20(7)28(39-34)16-30-23(10-2)18(5)26(37-30)15-29(22)36-25/h9,14-16,19,24,36,39,41H,1,10-13H2,2-8H3/t19-,24-/m0/s1. The Morgan fingerprint density at radius 3 is 2.33 bits per heavy atom. The Balaban J connectivity index is 1.98. The van der Waals surface area contributed by atoms with Gasteiger partial charge in [-0.15, -0.1) is 4.91 Å². The molecular formula is C35H40N6O4. The van der Waals surface area contributed by atoms with Crippen LogP contribution in [0.4, 0.5) is 0 Å². The highest BCUT2D eigenvalue weighted by Gasteiger charge is 2.32. The number of nitrogens with one attached hydrogen (secondary N) is 3. The summed E-state index contributed by atoms with van der Waals surface area (Å²) in [6.07, 6.45) is 2.93. The zero-order chi connectivity index (χ0) is 32.7. The maximum absolute atomic E-state index is 13.6. The van der Waals surface area contributed by atoms with E-state index in [1.165, 1.54) is 0 Å². The van der Waals surface area contributed by atoms with Crippen LogP contribution in [0, 0.1) is 30.9 Å². The van der Waals surface area contributed by atoms with E-state index in [0.717, 1.165) is 56.8 Å². The Hall–Kier alpha value is -4.54. The Morgan fingerprint density at radius 2 is 1.69 bits per heavy atom. The van der Waals surface area contributed by atoms with Gasteiger partial charge < -0.3 is 20.2 Å². The first-order valence-corrected chi connectivity index (χ1v) is 15.5. The second-order valence-corrected chi connectivity index (χ2v) is 12.0. The molecule has 2 aliphatic heterocycles. The van der Waals surface area contributed by atoms with Gasteiger partial charge in [0.25, 0.3) is 5.91 Å². The fraction of sp³-hybridized carbons (Fsp3) is 0.371. The summed E-state index contributed by atoms with van der Waals surface area (Å²) >= 11 is 0. The van der Waals surface area contributed by atoms with Crippen molar-refractivity contribution in [3.63, 3.8) is 0 Å². The van der Waals surface area contributed by atoms with Crippen LogP contribution in [0.3, 0.4) is 0 Å². The van der Waals surface area contributed by atoms with Crippen LogP contribution in [0.1, 0.15) is 114 Å². The molecule has 5 rings (SSSR count). The Kier molecular flexibility index (Phi) is 8.82. The van der Waals surface area contributed by atoms with Gasteiger partial charge in [-0.2, -0.15) is 0 Å². The average molecular weight is 609 g/mol. The summed E-state index contributed by atoms with van der Waals surface area (Å²) in [5, 5.41) is 14.9. The molecule has 0 aromatic carbocycles. The minimum atomic E-state index is -0.716. The number of carbonyl (C=O) groups is 2. The van der Waals surface area contributed by atoms with Crippen molar-refractivity contribution < 1.29 is 14.7 Å². The van der Waals surface area contributed by atoms with E-state index in [0.29, 0.717) is 39.8 Å². The Labute approximate surface area is 262 Å². The molecule has 2 amide bonds. The second-order valence-electron chi connectivity index (χ2n) is 12.0. The highest BCUT2D eigenvalue weighted by atomic mass is 16.5. The molecule has 234 valence electrons. The molecule has 2 aliphatic rings. The number of allylic oxidation sites excluding steroid dienone is 2. The molecule has 3 N–H and O–H groups in total. The number of quaternary nitrogens is 1. The third-order valence-corrected chi connectivity index (χ3v) is 9.46. The molecule has 3 aromatic heterocycles. The fourth-order valence-corrected chi connectivity index (χ4v) is 6.68. The van der Waals surface area contributed by atoms with Crippen LogP contribution in [0.5, 0.6) is 0 Å². The topological polar surface area (TPSA) is 148 Å². The van der Waals surface area contributed by atoms with Crippen LogP contribution in [-0.4, -0.2) is 38.3 Å². The maximum Gasteiger partial charge on any atom is 0.346 e. The molecule has 1 unspecified atom stereocenters. The van der Waals surface area contributed by atoms with Gasteiger partial charge in [0.1, 0.15) is 5.56 Å². The number of rotatable bonds is 7. The monoisotopic (exact) mass is 608 g/mol. The molecule has 0 saturated heterocycles. The van der Waals surface area contributed by atoms with E-state index in [-0.39, 0.29) is 24.8 Å². The largest absolute Gasteiger partial charge is 0.626 e. The number of hydrogen-bond donors (Lipinski definition) is 3. The van der Waals surface area contributed by atoms with Gasteiger partial charge in [-0.25, -0.2) is 9.78 Å². The lowest BCUT2D eigenvalue weighted by Gasteiger charge is -2.18. The fourth-order valence-electron chi connectivity index (χ4n) is 6.68. The summed E-state index contributed by atoms with van der Waals surface area (Å²) in [7, 11) is 0. The van der Waals surface area contributed by atoms with E-state index < -0.39 is 16.9 Å². The molecule has 10 heteroatoms. The predicted molar refractivity (Wildman–Crippen MR) is 178 cm³/mol. The molecule has 0 spiro atoms. The van der Waals surface area contributed by atoms with Crippen molar-refractivity contribution in [3.05, 3.63) is 85.5 Å². The van der Waals surface area contributed by atoms with Crippen LogP contribution in [0.2, 0.25) is 0 Å². The Bertz CT molecular complexity index is 1950. The van der Waals surface area contributed by atoms with Gasteiger partial charge in [-0.05, 0) is 93.5 Å². The van der Waals surface area contributed by atoms with Crippen molar-refractivity contribution in [3.8, 4) is 0 Å². The minimum absolute atomic E-state index is 0.0217. The van der Waals surface area contributed by atoms with Crippen molar-refractivity contribution in [2.75, 3.05) is 6.54 Å². The normalized spacial score (nSPS) is 17.0. The lowest BCUT2D eigenvalue weighted by atomic mass is 9.85. The van der Waals surface area contributed by atoms with Crippen molar-refractivity contribution in [2.24, 2.45) is 5.18 Å². The maximum atomic E-state index is 13.6. The zero-order valence-electron chi connectivity index (χ0n) is 27.0. The minimum Gasteiger partial charge on any atom is -0.626 e. The first-order valence-electron chi connectivity index (χ1n) is 15.5. The summed E-state index contributed by atoms with van der Waals surface area (Å²) < 4.78 is 0. The number of fused-ring (bicyclic) bond motifs is 8. The SMILES string of the molecule is C=Cc1c(C)c2cc3nc(c(C)c4[nH]c(cc5nc(cc1[nH]2)C(C)=C5CC)c(C)c4C(=O)[NH+]([O-])CC)[C@@H](CCC(=O)N=O)[C@@H]3C. The third-order valence-electron chi connectivity index (χ3n) is 9.46. The number of aromatic nitrogens is 4. The van der Waals surface area contributed by atoms with Crippen molar-refractivity contribution in [1.29, 1.82) is 0 Å². The first-order chi connectivity index (χ1) is 21.4. The molecule has 0 saturated carbocycles. The summed E-state index contributed by atoms with van der Waals surface area (Å²) in [6, 6.07) is 6.00. The number of amides is 2. The number of aromatic amines is 2. The summed E-state index contributed by atoms with van der Waals surface area (Å²) in [5.74, 6) is -1.61. The smallest absolute Gasteiger partial charge is 0.346 e. The number of nitrogens with zero attached hydrogens (tertiary/aromatic N) is 3. The van der Waals surface area contributed by atoms with E-state index in [9.17, 15) is 19.7 Å². The molecule has 0 fully saturated rings. The molecule has 0 aliphatic carbocycles. The highest BCUT2D eigenvalue weighted by molar-refractivity contribution is 6.02. The van der Waals surface area contributed by atoms with Crippen LogP contribution in [0.25, 0.3) is 39.3 Å². The highest BCUT2D eigenvalue weighted by Crippen LogP contribution is 2.42. The summed E-state index contributed by atoms with van der Waals surface area (Å²) in [6.45, 7) is 17.8. The van der Waals surface area contributed by atoms with E-state index in [2.05, 4.69) is 35.6 Å². The lowest BCUT2D eigenvalue weighted by molar-refractivity contribution is -0.755. The van der Waals surface area contributed by atoms with Crippen molar-refractivity contribution in [2.45, 2.75) is 79.6 Å². The Morgan fingerprint density at radius 1 is 1.00 bits per heavy atom. The van der Waals surface area contributed by atoms with Gasteiger partial charge in [0.05, 0.1) is 23.4 Å². The van der Waals surface area contributed by atoms with Gasteiger partial charge in [-0.1, -0.05) is 26.5 Å². The average Bonchev–Trinajstić information content (AvgIpc) is 3.71. The number of nitroso groups, excluding NO2 is 1. The third kappa shape index (κ3) is 5.49. The predicted octanol–water partition coefficient (Wildman–Crippen LogP) is 6.73. The van der Waals surface area contributed by atoms with E-state index in [1.54, 1.807) is 6.92 Å². The molecular weight excluding hydrogens is 568 g/mol. The molecule has 8 bridgehead atoms. The van der Waals surface area contributed by atoms with Crippen LogP contribution in [-0.2, 0) is 4.79 Å². The number of aryl methyl sites for hydroxylation is 3. The second kappa shape index (κ2) is 12.5. The summed E-state index contributed by atoms with van der Waals surface area (Å²) in [4.78, 5) is 53.7. The van der Waals surface area contributed by atoms with Crippen LogP contribution in [0.15, 0.2) is 30.0 Å². The molecule has 3 aromatic rings. The molecule has 5 heterocycles. The molecule has 10 nitrogen and oxygen atoms in total. The van der Waals surface area contributed by atoms with Crippen LogP contribution >= 0.6 is 0 Å². The molecule has 45 heavy (non-hydrogen) atoms. The van der Waals surface area contributed by atoms with Gasteiger partial charge in [0.15, 0.2) is 0 Å². The molecule has 3 atom stereocenters. The van der Waals surface area contributed by atoms with Gasteiger partial charge in [-0.3, -0.25) is 9.78 Å². The van der Waals surface area contributed by atoms with Gasteiger partial charge in [0, 0.05) is 56.9 Å². The van der Waals surface area contributed by atoms with Gasteiger partial charge in [0.2, 0.25) is 0 Å². The zero-order valence-corrected chi connectivity index (χ0v) is 27.0. The number of hydroxylamine groups is 2. The number of carbonyl (C=O) groups excluding carboxylic acids is 2. The summed E-state index contributed by atoms with van der Waals surface area (Å²) in [5.41, 5.74) is 11.9.